The van der Waals surface area contributed by atoms with Crippen LogP contribution in [-0.2, 0) is 16.0 Å². The number of carbonyl (C=O) groups excluding carboxylic acids is 1. The second-order valence-electron chi connectivity index (χ2n) is 4.92. The van der Waals surface area contributed by atoms with Crippen molar-refractivity contribution in [1.82, 2.24) is 0 Å². The summed E-state index contributed by atoms with van der Waals surface area (Å²) in [5.41, 5.74) is -0.845. The van der Waals surface area contributed by atoms with Gasteiger partial charge in [0.25, 0.3) is 5.69 Å². The molecule has 0 bridgehead atoms. The Balaban J connectivity index is 3.07. The normalized spacial score (nSPS) is 11.2. The summed E-state index contributed by atoms with van der Waals surface area (Å²) in [4.78, 5) is 22.0. The van der Waals surface area contributed by atoms with E-state index in [1.165, 1.54) is 12.1 Å². The molecule has 0 atom stereocenters. The summed E-state index contributed by atoms with van der Waals surface area (Å²) >= 11 is 11.6. The molecule has 0 aliphatic carbocycles. The maximum Gasteiger partial charge on any atom is 0.311 e. The first kappa shape index (κ1) is 15.7. The Morgan fingerprint density at radius 2 is 1.95 bits per heavy atom. The van der Waals surface area contributed by atoms with Crippen LogP contribution in [0.1, 0.15) is 26.3 Å². The van der Waals surface area contributed by atoms with Crippen molar-refractivity contribution >= 4 is 34.9 Å². The number of rotatable bonds is 3. The number of hydrogen-bond acceptors (Lipinski definition) is 4. The van der Waals surface area contributed by atoms with Crippen LogP contribution in [0.3, 0.4) is 0 Å². The first-order valence-corrected chi connectivity index (χ1v) is 6.20. The van der Waals surface area contributed by atoms with Gasteiger partial charge in [-0.2, -0.15) is 0 Å². The Hall–Kier alpha value is -1.33. The van der Waals surface area contributed by atoms with E-state index in [-0.39, 0.29) is 27.7 Å². The molecular formula is C12H13Cl2NO4. The average Bonchev–Trinajstić information content (AvgIpc) is 2.10. The molecule has 1 rings (SSSR count). The molecule has 1 aromatic carbocycles. The molecule has 0 aliphatic rings. The van der Waals surface area contributed by atoms with Gasteiger partial charge < -0.3 is 4.74 Å². The Morgan fingerprint density at radius 1 is 1.37 bits per heavy atom. The molecule has 0 radical (unpaired) electrons. The molecule has 0 saturated carbocycles. The largest absolute Gasteiger partial charge is 0.460 e. The van der Waals surface area contributed by atoms with Gasteiger partial charge in [0.1, 0.15) is 10.6 Å². The number of hydrogen-bond donors (Lipinski definition) is 0. The Kier molecular flexibility index (Phi) is 4.76. The molecule has 0 N–H and O–H groups in total. The first-order chi connectivity index (χ1) is 8.60. The lowest BCUT2D eigenvalue weighted by Gasteiger charge is -2.19. The van der Waals surface area contributed by atoms with Gasteiger partial charge in [0.2, 0.25) is 0 Å². The van der Waals surface area contributed by atoms with Crippen molar-refractivity contribution in [3.8, 4) is 0 Å². The quantitative estimate of drug-likeness (QED) is 0.484. The van der Waals surface area contributed by atoms with Crippen LogP contribution in [-0.4, -0.2) is 16.5 Å². The monoisotopic (exact) mass is 305 g/mol. The van der Waals surface area contributed by atoms with E-state index in [9.17, 15) is 14.9 Å². The SMILES string of the molecule is CC(C)(C)OC(=O)Cc1cc(Cl)cc(Cl)c1[N+](=O)[O-]. The van der Waals surface area contributed by atoms with Crippen molar-refractivity contribution in [1.29, 1.82) is 0 Å². The van der Waals surface area contributed by atoms with Gasteiger partial charge in [-0.15, -0.1) is 0 Å². The number of nitro groups is 1. The number of halogens is 2. The Morgan fingerprint density at radius 3 is 2.42 bits per heavy atom. The van der Waals surface area contributed by atoms with E-state index in [0.29, 0.717) is 0 Å². The summed E-state index contributed by atoms with van der Waals surface area (Å²) in [6.45, 7) is 5.14. The molecule has 1 aromatic rings. The fourth-order valence-corrected chi connectivity index (χ4v) is 2.10. The van der Waals surface area contributed by atoms with Crippen molar-refractivity contribution in [3.05, 3.63) is 37.9 Å². The molecule has 5 nitrogen and oxygen atoms in total. The molecular weight excluding hydrogens is 293 g/mol. The van der Waals surface area contributed by atoms with E-state index in [2.05, 4.69) is 0 Å². The number of nitro benzene ring substituents is 1. The highest BCUT2D eigenvalue weighted by Crippen LogP contribution is 2.32. The molecule has 0 fully saturated rings. The summed E-state index contributed by atoms with van der Waals surface area (Å²) in [6.07, 6.45) is -0.256. The van der Waals surface area contributed by atoms with Gasteiger partial charge in [-0.3, -0.25) is 14.9 Å². The Bertz CT molecular complexity index is 523. The van der Waals surface area contributed by atoms with E-state index < -0.39 is 16.5 Å². The van der Waals surface area contributed by atoms with Crippen LogP contribution in [0.25, 0.3) is 0 Å². The second-order valence-corrected chi connectivity index (χ2v) is 5.76. The van der Waals surface area contributed by atoms with Crippen LogP contribution >= 0.6 is 23.2 Å². The summed E-state index contributed by atoms with van der Waals surface area (Å²) in [7, 11) is 0. The van der Waals surface area contributed by atoms with Crippen LogP contribution < -0.4 is 0 Å². The van der Waals surface area contributed by atoms with Crippen LogP contribution in [0.5, 0.6) is 0 Å². The van der Waals surface area contributed by atoms with Crippen LogP contribution in [0.15, 0.2) is 12.1 Å². The standard InChI is InChI=1S/C12H13Cl2NO4/c1-12(2,3)19-10(16)5-7-4-8(13)6-9(14)11(7)15(17)18/h4,6H,5H2,1-3H3. The first-order valence-electron chi connectivity index (χ1n) is 5.44. The minimum absolute atomic E-state index is 0.101. The number of ether oxygens (including phenoxy) is 1. The highest BCUT2D eigenvalue weighted by molar-refractivity contribution is 6.36. The molecule has 0 aliphatic heterocycles. The predicted octanol–water partition coefficient (Wildman–Crippen LogP) is 3.79. The van der Waals surface area contributed by atoms with Crippen molar-refractivity contribution in [3.63, 3.8) is 0 Å². The van der Waals surface area contributed by atoms with E-state index in [0.717, 1.165) is 0 Å². The van der Waals surface area contributed by atoms with E-state index in [1.54, 1.807) is 20.8 Å². The average molecular weight is 306 g/mol. The van der Waals surface area contributed by atoms with Crippen molar-refractivity contribution in [2.24, 2.45) is 0 Å². The lowest BCUT2D eigenvalue weighted by molar-refractivity contribution is -0.385. The predicted molar refractivity (Wildman–Crippen MR) is 72.7 cm³/mol. The van der Waals surface area contributed by atoms with Gasteiger partial charge in [-0.1, -0.05) is 23.2 Å². The number of nitrogens with zero attached hydrogens (tertiary/aromatic N) is 1. The van der Waals surface area contributed by atoms with E-state index in [1.807, 2.05) is 0 Å². The molecule has 0 saturated heterocycles. The lowest BCUT2D eigenvalue weighted by atomic mass is 10.1. The van der Waals surface area contributed by atoms with Crippen molar-refractivity contribution < 1.29 is 14.5 Å². The molecule has 0 aromatic heterocycles. The second kappa shape index (κ2) is 5.75. The number of esters is 1. The highest BCUT2D eigenvalue weighted by Gasteiger charge is 2.24. The van der Waals surface area contributed by atoms with E-state index >= 15 is 0 Å². The maximum atomic E-state index is 11.7. The molecule has 104 valence electrons. The van der Waals surface area contributed by atoms with Crippen molar-refractivity contribution in [2.45, 2.75) is 32.8 Å². The topological polar surface area (TPSA) is 69.4 Å². The third kappa shape index (κ3) is 4.69. The molecule has 0 amide bonds. The number of carbonyl (C=O) groups is 1. The molecule has 7 heteroatoms. The summed E-state index contributed by atoms with van der Waals surface area (Å²) in [6, 6.07) is 2.61. The van der Waals surface area contributed by atoms with Gasteiger partial charge >= 0.3 is 5.97 Å². The molecule has 0 unspecified atom stereocenters. The zero-order chi connectivity index (χ0) is 14.8. The highest BCUT2D eigenvalue weighted by atomic mass is 35.5. The third-order valence-corrected chi connectivity index (χ3v) is 2.55. The van der Waals surface area contributed by atoms with Crippen LogP contribution in [0.2, 0.25) is 10.0 Å². The van der Waals surface area contributed by atoms with Gasteiger partial charge in [0.05, 0.1) is 11.3 Å². The Labute approximate surface area is 120 Å². The van der Waals surface area contributed by atoms with Crippen LogP contribution in [0, 0.1) is 10.1 Å². The fourth-order valence-electron chi connectivity index (χ4n) is 1.49. The van der Waals surface area contributed by atoms with Gasteiger partial charge in [0, 0.05) is 10.6 Å². The lowest BCUT2D eigenvalue weighted by Crippen LogP contribution is -2.25. The van der Waals surface area contributed by atoms with Gasteiger partial charge in [-0.05, 0) is 32.9 Å². The summed E-state index contributed by atoms with van der Waals surface area (Å²) in [5.74, 6) is -0.575. The maximum absolute atomic E-state index is 11.7. The van der Waals surface area contributed by atoms with Gasteiger partial charge in [0.15, 0.2) is 0 Å². The van der Waals surface area contributed by atoms with Crippen LogP contribution in [0.4, 0.5) is 5.69 Å². The fraction of sp³-hybridized carbons (Fsp3) is 0.417. The molecule has 0 heterocycles. The van der Waals surface area contributed by atoms with E-state index in [4.69, 9.17) is 27.9 Å². The zero-order valence-corrected chi connectivity index (χ0v) is 12.2. The minimum Gasteiger partial charge on any atom is -0.460 e. The summed E-state index contributed by atoms with van der Waals surface area (Å²) in [5, 5.41) is 11.1. The zero-order valence-electron chi connectivity index (χ0n) is 10.7. The van der Waals surface area contributed by atoms with Gasteiger partial charge in [-0.25, -0.2) is 0 Å². The molecule has 0 spiro atoms. The summed E-state index contributed by atoms with van der Waals surface area (Å²) < 4.78 is 5.11. The molecule has 19 heavy (non-hydrogen) atoms. The number of benzene rings is 1. The van der Waals surface area contributed by atoms with Crippen molar-refractivity contribution in [2.75, 3.05) is 0 Å². The third-order valence-electron chi connectivity index (χ3n) is 2.04. The minimum atomic E-state index is -0.658. The smallest absolute Gasteiger partial charge is 0.311 e.